The van der Waals surface area contributed by atoms with Crippen molar-refractivity contribution in [1.29, 1.82) is 0 Å². The van der Waals surface area contributed by atoms with Crippen molar-refractivity contribution in [3.05, 3.63) is 57.9 Å². The number of nitrogen functional groups attached to an aromatic ring is 1. The Morgan fingerprint density at radius 3 is 2.70 bits per heavy atom. The average molecular weight is 272 g/mol. The Bertz CT molecular complexity index is 668. The minimum Gasteiger partial charge on any atom is -0.397 e. The van der Waals surface area contributed by atoms with Crippen LogP contribution in [0.1, 0.15) is 16.1 Å². The molecule has 0 spiro atoms. The lowest BCUT2D eigenvalue weighted by molar-refractivity contribution is -0.385. The molecule has 0 aliphatic carbocycles. The number of carbonyl (C=O) groups excluding carboxylic acids is 1. The Balaban J connectivity index is 2.21. The number of pyridine rings is 1. The van der Waals surface area contributed by atoms with Gasteiger partial charge in [-0.3, -0.25) is 14.9 Å². The number of hydrogen-bond donors (Lipinski definition) is 2. The monoisotopic (exact) mass is 272 g/mol. The van der Waals surface area contributed by atoms with Crippen LogP contribution in [0.25, 0.3) is 0 Å². The first-order valence-electron chi connectivity index (χ1n) is 5.75. The molecule has 7 nitrogen and oxygen atoms in total. The lowest BCUT2D eigenvalue weighted by Gasteiger charge is -2.06. The molecule has 0 unspecified atom stereocenters. The maximum Gasteiger partial charge on any atom is 0.274 e. The molecule has 0 fully saturated rings. The number of nitrogens with one attached hydrogen (secondary N) is 1. The van der Waals surface area contributed by atoms with Gasteiger partial charge in [-0.05, 0) is 25.1 Å². The van der Waals surface area contributed by atoms with Crippen LogP contribution < -0.4 is 11.1 Å². The van der Waals surface area contributed by atoms with E-state index >= 15 is 0 Å². The zero-order chi connectivity index (χ0) is 14.7. The predicted molar refractivity (Wildman–Crippen MR) is 74.4 cm³/mol. The van der Waals surface area contributed by atoms with Crippen molar-refractivity contribution in [1.82, 2.24) is 4.98 Å². The van der Waals surface area contributed by atoms with Gasteiger partial charge in [-0.1, -0.05) is 6.07 Å². The van der Waals surface area contributed by atoms with E-state index in [0.717, 1.165) is 0 Å². The maximum absolute atomic E-state index is 11.9. The van der Waals surface area contributed by atoms with E-state index < -0.39 is 10.8 Å². The molecule has 2 rings (SSSR count). The number of nitrogens with two attached hydrogens (primary N) is 1. The molecule has 3 N–H and O–H groups in total. The van der Waals surface area contributed by atoms with Crippen LogP contribution in [0.2, 0.25) is 0 Å². The molecule has 1 heterocycles. The normalized spacial score (nSPS) is 10.1. The zero-order valence-corrected chi connectivity index (χ0v) is 10.7. The second kappa shape index (κ2) is 5.35. The lowest BCUT2D eigenvalue weighted by Crippen LogP contribution is -2.13. The van der Waals surface area contributed by atoms with Gasteiger partial charge in [-0.15, -0.1) is 0 Å². The molecule has 20 heavy (non-hydrogen) atoms. The van der Waals surface area contributed by atoms with Gasteiger partial charge in [-0.2, -0.15) is 0 Å². The van der Waals surface area contributed by atoms with Crippen LogP contribution in [0.3, 0.4) is 0 Å². The van der Waals surface area contributed by atoms with Gasteiger partial charge >= 0.3 is 0 Å². The fourth-order valence-electron chi connectivity index (χ4n) is 1.62. The Labute approximate surface area is 114 Å². The number of nitrogens with zero attached hydrogens (tertiary/aromatic N) is 2. The summed E-state index contributed by atoms with van der Waals surface area (Å²) in [6, 6.07) is 7.51. The highest BCUT2D eigenvalue weighted by molar-refractivity contribution is 6.03. The highest BCUT2D eigenvalue weighted by Gasteiger charge is 2.13. The van der Waals surface area contributed by atoms with Gasteiger partial charge in [0.05, 0.1) is 16.8 Å². The van der Waals surface area contributed by atoms with Gasteiger partial charge in [-0.25, -0.2) is 4.98 Å². The van der Waals surface area contributed by atoms with Crippen molar-refractivity contribution in [2.75, 3.05) is 11.1 Å². The minimum absolute atomic E-state index is 0.0481. The zero-order valence-electron chi connectivity index (χ0n) is 10.7. The van der Waals surface area contributed by atoms with Gasteiger partial charge in [0.25, 0.3) is 11.6 Å². The van der Waals surface area contributed by atoms with E-state index in [1.165, 1.54) is 18.3 Å². The highest BCUT2D eigenvalue weighted by Crippen LogP contribution is 2.22. The fourth-order valence-corrected chi connectivity index (χ4v) is 1.62. The van der Waals surface area contributed by atoms with E-state index in [4.69, 9.17) is 5.73 Å². The van der Waals surface area contributed by atoms with Crippen molar-refractivity contribution in [3.63, 3.8) is 0 Å². The second-order valence-corrected chi connectivity index (χ2v) is 4.19. The molecule has 0 aliphatic rings. The first kappa shape index (κ1) is 13.5. The molecule has 1 aromatic carbocycles. The van der Waals surface area contributed by atoms with Gasteiger partial charge in [0.15, 0.2) is 0 Å². The number of benzene rings is 1. The van der Waals surface area contributed by atoms with Gasteiger partial charge in [0.1, 0.15) is 5.69 Å². The Morgan fingerprint density at radius 2 is 2.10 bits per heavy atom. The van der Waals surface area contributed by atoms with E-state index in [1.807, 2.05) is 0 Å². The number of carbonyl (C=O) groups is 1. The minimum atomic E-state index is -0.494. The summed E-state index contributed by atoms with van der Waals surface area (Å²) in [6.07, 6.45) is 1.37. The van der Waals surface area contributed by atoms with E-state index in [1.54, 1.807) is 25.1 Å². The molecule has 1 amide bonds. The molecule has 2 aromatic rings. The number of aryl methyl sites for hydroxylation is 1. The second-order valence-electron chi connectivity index (χ2n) is 4.19. The summed E-state index contributed by atoms with van der Waals surface area (Å²) in [5.41, 5.74) is 6.93. The van der Waals surface area contributed by atoms with Crippen LogP contribution in [0.15, 0.2) is 36.5 Å². The van der Waals surface area contributed by atoms with Crippen LogP contribution in [0.5, 0.6) is 0 Å². The van der Waals surface area contributed by atoms with Crippen LogP contribution in [-0.2, 0) is 0 Å². The standard InChI is InChI=1S/C13H12N4O3/c1-8-2-4-10(6-12(8)17(19)20)16-13(18)11-5-3-9(14)7-15-11/h2-7H,14H2,1H3,(H,16,18). The van der Waals surface area contributed by atoms with Gasteiger partial charge < -0.3 is 11.1 Å². The maximum atomic E-state index is 11.9. The lowest BCUT2D eigenvalue weighted by atomic mass is 10.2. The molecule has 7 heteroatoms. The Morgan fingerprint density at radius 1 is 1.35 bits per heavy atom. The predicted octanol–water partition coefficient (Wildman–Crippen LogP) is 2.13. The number of hydrogen-bond acceptors (Lipinski definition) is 5. The van der Waals surface area contributed by atoms with Crippen molar-refractivity contribution in [3.8, 4) is 0 Å². The average Bonchev–Trinajstić information content (AvgIpc) is 2.41. The molecule has 0 atom stereocenters. The Hall–Kier alpha value is -2.96. The highest BCUT2D eigenvalue weighted by atomic mass is 16.6. The largest absolute Gasteiger partial charge is 0.397 e. The van der Waals surface area contributed by atoms with E-state index in [9.17, 15) is 14.9 Å². The van der Waals surface area contributed by atoms with Gasteiger partial charge in [0.2, 0.25) is 0 Å². The molecular weight excluding hydrogens is 260 g/mol. The summed E-state index contributed by atoms with van der Waals surface area (Å²) < 4.78 is 0. The van der Waals surface area contributed by atoms with E-state index in [0.29, 0.717) is 16.9 Å². The summed E-state index contributed by atoms with van der Waals surface area (Å²) in [7, 11) is 0. The number of aromatic nitrogens is 1. The number of anilines is 2. The van der Waals surface area contributed by atoms with Crippen LogP contribution in [-0.4, -0.2) is 15.8 Å². The van der Waals surface area contributed by atoms with Crippen molar-refractivity contribution >= 4 is 23.0 Å². The third-order valence-electron chi connectivity index (χ3n) is 2.68. The summed E-state index contributed by atoms with van der Waals surface area (Å²) in [6.45, 7) is 1.63. The SMILES string of the molecule is Cc1ccc(NC(=O)c2ccc(N)cn2)cc1[N+](=O)[O-]. The first-order valence-corrected chi connectivity index (χ1v) is 5.75. The topological polar surface area (TPSA) is 111 Å². The summed E-state index contributed by atoms with van der Waals surface area (Å²) in [4.78, 5) is 26.1. The molecule has 0 saturated carbocycles. The molecule has 102 valence electrons. The molecule has 0 aliphatic heterocycles. The third-order valence-corrected chi connectivity index (χ3v) is 2.68. The summed E-state index contributed by atoms with van der Waals surface area (Å²) in [5.74, 6) is -0.455. The first-order chi connectivity index (χ1) is 9.47. The van der Waals surface area contributed by atoms with Crippen LogP contribution in [0, 0.1) is 17.0 Å². The number of nitro groups is 1. The smallest absolute Gasteiger partial charge is 0.274 e. The van der Waals surface area contributed by atoms with E-state index in [-0.39, 0.29) is 11.4 Å². The quantitative estimate of drug-likeness (QED) is 0.656. The Kier molecular flexibility index (Phi) is 3.60. The van der Waals surface area contributed by atoms with Crippen molar-refractivity contribution in [2.24, 2.45) is 0 Å². The summed E-state index contributed by atoms with van der Waals surface area (Å²) in [5, 5.41) is 13.4. The van der Waals surface area contributed by atoms with E-state index in [2.05, 4.69) is 10.3 Å². The van der Waals surface area contributed by atoms with Crippen molar-refractivity contribution < 1.29 is 9.72 Å². The molecule has 0 radical (unpaired) electrons. The number of rotatable bonds is 3. The molecular formula is C13H12N4O3. The molecule has 1 aromatic heterocycles. The van der Waals surface area contributed by atoms with Crippen LogP contribution >= 0.6 is 0 Å². The van der Waals surface area contributed by atoms with Crippen molar-refractivity contribution in [2.45, 2.75) is 6.92 Å². The van der Waals surface area contributed by atoms with Crippen LogP contribution in [0.4, 0.5) is 17.1 Å². The molecule has 0 bridgehead atoms. The fraction of sp³-hybridized carbons (Fsp3) is 0.0769. The van der Waals surface area contributed by atoms with Gasteiger partial charge in [0, 0.05) is 17.3 Å². The molecule has 0 saturated heterocycles. The summed E-state index contributed by atoms with van der Waals surface area (Å²) >= 11 is 0. The number of nitro benzene ring substituents is 1. The third kappa shape index (κ3) is 2.89. The number of amides is 1.